The van der Waals surface area contributed by atoms with E-state index in [4.69, 9.17) is 0 Å². The van der Waals surface area contributed by atoms with Crippen molar-refractivity contribution in [3.05, 3.63) is 0 Å². The number of carbonyl (C=O) groups excluding carboxylic acids is 1. The van der Waals surface area contributed by atoms with Crippen LogP contribution in [0, 0.1) is 0 Å². The first-order valence-corrected chi connectivity index (χ1v) is 3.09. The number of ether oxygens (including phenoxy) is 1. The van der Waals surface area contributed by atoms with Crippen LogP contribution in [0.3, 0.4) is 0 Å². The molecule has 0 unspecified atom stereocenters. The summed E-state index contributed by atoms with van der Waals surface area (Å²) >= 11 is 0. The minimum absolute atomic E-state index is 0.150. The lowest BCUT2D eigenvalue weighted by molar-refractivity contribution is -0.135. The topological polar surface area (TPSA) is 29.5 Å². The van der Waals surface area contributed by atoms with Gasteiger partial charge in [-0.05, 0) is 0 Å². The summed E-state index contributed by atoms with van der Waals surface area (Å²) in [5.41, 5.74) is 0. The maximum Gasteiger partial charge on any atom is 0.255 e. The Labute approximate surface area is 63.9 Å². The molecule has 3 nitrogen and oxygen atoms in total. The number of methoxy groups -OCH3 is 1. The predicted octanol–water partition coefficient (Wildman–Crippen LogP) is 0.356. The van der Waals surface area contributed by atoms with Gasteiger partial charge in [-0.3, -0.25) is 4.79 Å². The second-order valence-corrected chi connectivity index (χ2v) is 2.10. The van der Waals surface area contributed by atoms with E-state index < -0.39 is 18.9 Å². The van der Waals surface area contributed by atoms with Crippen LogP contribution in [0.15, 0.2) is 0 Å². The molecule has 0 aliphatic carbocycles. The Morgan fingerprint density at radius 3 is 2.55 bits per heavy atom. The van der Waals surface area contributed by atoms with Crippen LogP contribution >= 0.6 is 0 Å². The molecule has 0 saturated heterocycles. The summed E-state index contributed by atoms with van der Waals surface area (Å²) < 4.78 is 27.8. The standard InChI is InChI=1S/C6H11F2NO2/c1-9(3-5(7)8)6(10)4-11-2/h5H,3-4H2,1-2H3. The first kappa shape index (κ1) is 10.3. The molecule has 0 heterocycles. The number of halogens is 2. The van der Waals surface area contributed by atoms with E-state index in [1.807, 2.05) is 0 Å². The number of alkyl halides is 2. The van der Waals surface area contributed by atoms with Gasteiger partial charge in [0.25, 0.3) is 6.43 Å². The van der Waals surface area contributed by atoms with Crippen molar-refractivity contribution < 1.29 is 18.3 Å². The van der Waals surface area contributed by atoms with Crippen LogP contribution in [0.4, 0.5) is 8.78 Å². The van der Waals surface area contributed by atoms with E-state index in [0.717, 1.165) is 4.90 Å². The number of carbonyl (C=O) groups is 1. The molecule has 0 aliphatic rings. The third-order valence-electron chi connectivity index (χ3n) is 1.11. The molecular formula is C6H11F2NO2. The molecule has 0 rings (SSSR count). The van der Waals surface area contributed by atoms with E-state index in [9.17, 15) is 13.6 Å². The van der Waals surface area contributed by atoms with Crippen molar-refractivity contribution in [3.63, 3.8) is 0 Å². The van der Waals surface area contributed by atoms with Crippen molar-refractivity contribution in [1.82, 2.24) is 4.90 Å². The zero-order valence-electron chi connectivity index (χ0n) is 6.51. The lowest BCUT2D eigenvalue weighted by Gasteiger charge is -2.15. The van der Waals surface area contributed by atoms with Gasteiger partial charge in [-0.15, -0.1) is 0 Å². The first-order valence-electron chi connectivity index (χ1n) is 3.09. The van der Waals surface area contributed by atoms with Crippen LogP contribution < -0.4 is 0 Å². The van der Waals surface area contributed by atoms with E-state index in [0.29, 0.717) is 0 Å². The van der Waals surface area contributed by atoms with Crippen molar-refractivity contribution in [2.24, 2.45) is 0 Å². The zero-order chi connectivity index (χ0) is 8.85. The van der Waals surface area contributed by atoms with Crippen molar-refractivity contribution in [3.8, 4) is 0 Å². The molecule has 0 spiro atoms. The third kappa shape index (κ3) is 4.66. The van der Waals surface area contributed by atoms with E-state index in [-0.39, 0.29) is 6.61 Å². The molecular weight excluding hydrogens is 156 g/mol. The van der Waals surface area contributed by atoms with Gasteiger partial charge < -0.3 is 9.64 Å². The predicted molar refractivity (Wildman–Crippen MR) is 35.5 cm³/mol. The lowest BCUT2D eigenvalue weighted by Crippen LogP contribution is -2.33. The molecule has 0 atom stereocenters. The van der Waals surface area contributed by atoms with Gasteiger partial charge in [0.2, 0.25) is 5.91 Å². The number of nitrogens with zero attached hydrogens (tertiary/aromatic N) is 1. The van der Waals surface area contributed by atoms with Crippen LogP contribution in [-0.2, 0) is 9.53 Å². The Balaban J connectivity index is 3.64. The third-order valence-corrected chi connectivity index (χ3v) is 1.11. The molecule has 0 saturated carbocycles. The Morgan fingerprint density at radius 2 is 2.18 bits per heavy atom. The molecule has 0 aromatic carbocycles. The first-order chi connectivity index (χ1) is 5.07. The Bertz CT molecular complexity index is 130. The SMILES string of the molecule is COCC(=O)N(C)CC(F)F. The molecule has 66 valence electrons. The summed E-state index contributed by atoms with van der Waals surface area (Å²) in [6.45, 7) is -0.689. The zero-order valence-corrected chi connectivity index (χ0v) is 6.51. The van der Waals surface area contributed by atoms with Crippen LogP contribution in [-0.4, -0.2) is 44.5 Å². The van der Waals surface area contributed by atoms with Gasteiger partial charge in [-0.2, -0.15) is 0 Å². The highest BCUT2D eigenvalue weighted by Gasteiger charge is 2.12. The Morgan fingerprint density at radius 1 is 1.64 bits per heavy atom. The van der Waals surface area contributed by atoms with E-state index in [1.165, 1.54) is 14.2 Å². The van der Waals surface area contributed by atoms with Gasteiger partial charge in [-0.1, -0.05) is 0 Å². The molecule has 0 aromatic rings. The summed E-state index contributed by atoms with van der Waals surface area (Å²) in [7, 11) is 2.65. The van der Waals surface area contributed by atoms with Crippen LogP contribution in [0.5, 0.6) is 0 Å². The molecule has 5 heteroatoms. The maximum atomic E-state index is 11.7. The molecule has 11 heavy (non-hydrogen) atoms. The van der Waals surface area contributed by atoms with Crippen molar-refractivity contribution in [1.29, 1.82) is 0 Å². The highest BCUT2D eigenvalue weighted by atomic mass is 19.3. The van der Waals surface area contributed by atoms with Crippen molar-refractivity contribution >= 4 is 5.91 Å². The average molecular weight is 167 g/mol. The van der Waals surface area contributed by atoms with Crippen molar-refractivity contribution in [2.45, 2.75) is 6.43 Å². The highest BCUT2D eigenvalue weighted by molar-refractivity contribution is 5.77. The van der Waals surface area contributed by atoms with Gasteiger partial charge in [0.1, 0.15) is 6.61 Å². The molecule has 0 fully saturated rings. The summed E-state index contributed by atoms with van der Waals surface area (Å²) in [4.78, 5) is 11.7. The monoisotopic (exact) mass is 167 g/mol. The molecule has 0 aliphatic heterocycles. The van der Waals surface area contributed by atoms with Crippen molar-refractivity contribution in [2.75, 3.05) is 27.3 Å². The number of amides is 1. The van der Waals surface area contributed by atoms with Crippen LogP contribution in [0.25, 0.3) is 0 Å². The molecule has 0 N–H and O–H groups in total. The number of hydrogen-bond acceptors (Lipinski definition) is 2. The molecule has 1 amide bonds. The second kappa shape index (κ2) is 5.01. The van der Waals surface area contributed by atoms with E-state index in [2.05, 4.69) is 4.74 Å². The van der Waals surface area contributed by atoms with E-state index in [1.54, 1.807) is 0 Å². The molecule has 0 aromatic heterocycles. The normalized spacial score (nSPS) is 10.3. The maximum absolute atomic E-state index is 11.7. The largest absolute Gasteiger partial charge is 0.375 e. The Hall–Kier alpha value is -0.710. The molecule has 0 radical (unpaired) electrons. The smallest absolute Gasteiger partial charge is 0.255 e. The van der Waals surface area contributed by atoms with Crippen LogP contribution in [0.1, 0.15) is 0 Å². The van der Waals surface area contributed by atoms with Gasteiger partial charge >= 0.3 is 0 Å². The summed E-state index contributed by atoms with van der Waals surface area (Å²) in [5, 5.41) is 0. The van der Waals surface area contributed by atoms with Gasteiger partial charge in [0.15, 0.2) is 0 Å². The van der Waals surface area contributed by atoms with Gasteiger partial charge in [0.05, 0.1) is 6.54 Å². The number of rotatable bonds is 4. The quantitative estimate of drug-likeness (QED) is 0.605. The second-order valence-electron chi connectivity index (χ2n) is 2.10. The average Bonchev–Trinajstić information content (AvgIpc) is 1.86. The van der Waals surface area contributed by atoms with Gasteiger partial charge in [0, 0.05) is 14.2 Å². The number of hydrogen-bond donors (Lipinski definition) is 0. The fourth-order valence-electron chi connectivity index (χ4n) is 0.543. The number of likely N-dealkylation sites (N-methyl/N-ethyl adjacent to an activating group) is 1. The Kier molecular flexibility index (Phi) is 4.69. The minimum Gasteiger partial charge on any atom is -0.375 e. The fraction of sp³-hybridized carbons (Fsp3) is 0.833. The minimum atomic E-state index is -2.49. The van der Waals surface area contributed by atoms with E-state index >= 15 is 0 Å². The molecule has 0 bridgehead atoms. The van der Waals surface area contributed by atoms with Gasteiger partial charge in [-0.25, -0.2) is 8.78 Å². The summed E-state index contributed by atoms with van der Waals surface area (Å²) in [6, 6.07) is 0. The summed E-state index contributed by atoms with van der Waals surface area (Å²) in [5.74, 6) is -0.437. The lowest BCUT2D eigenvalue weighted by atomic mass is 10.5. The highest BCUT2D eigenvalue weighted by Crippen LogP contribution is 1.95. The van der Waals surface area contributed by atoms with Crippen LogP contribution in [0.2, 0.25) is 0 Å². The fourth-order valence-corrected chi connectivity index (χ4v) is 0.543. The summed E-state index contributed by atoms with van der Waals surface area (Å²) in [6.07, 6.45) is -2.49.